The molecule has 0 aliphatic carbocycles. The normalized spacial score (nSPS) is 22.4. The molecule has 0 aromatic heterocycles. The van der Waals surface area contributed by atoms with E-state index < -0.39 is 6.10 Å². The number of amides is 2. The van der Waals surface area contributed by atoms with Crippen molar-refractivity contribution >= 4 is 17.5 Å². The summed E-state index contributed by atoms with van der Waals surface area (Å²) in [5.41, 5.74) is 4.45. The van der Waals surface area contributed by atoms with Gasteiger partial charge in [0, 0.05) is 51.0 Å². The topological polar surface area (TPSA) is 53.1 Å². The zero-order valence-electron chi connectivity index (χ0n) is 23.4. The Morgan fingerprint density at radius 1 is 0.947 bits per heavy atom. The van der Waals surface area contributed by atoms with Gasteiger partial charge in [-0.3, -0.25) is 9.59 Å². The van der Waals surface area contributed by atoms with Crippen molar-refractivity contribution in [2.75, 3.05) is 44.7 Å². The minimum atomic E-state index is -0.523. The van der Waals surface area contributed by atoms with Crippen molar-refractivity contribution in [2.24, 2.45) is 5.41 Å². The summed E-state index contributed by atoms with van der Waals surface area (Å²) in [6.07, 6.45) is 8.01. The highest BCUT2D eigenvalue weighted by Crippen LogP contribution is 2.39. The van der Waals surface area contributed by atoms with E-state index in [0.717, 1.165) is 76.0 Å². The van der Waals surface area contributed by atoms with E-state index in [0.29, 0.717) is 6.54 Å². The molecule has 3 heterocycles. The largest absolute Gasteiger partial charge is 0.481 e. The van der Waals surface area contributed by atoms with Gasteiger partial charge in [-0.2, -0.15) is 0 Å². The molecule has 6 nitrogen and oxygen atoms in total. The zero-order valence-corrected chi connectivity index (χ0v) is 23.4. The summed E-state index contributed by atoms with van der Waals surface area (Å²) < 4.78 is 6.13. The molecule has 0 bridgehead atoms. The fraction of sp³-hybridized carbons (Fsp3) is 0.562. The Hall–Kier alpha value is -3.02. The second-order valence-corrected chi connectivity index (χ2v) is 11.8. The van der Waals surface area contributed by atoms with Crippen molar-refractivity contribution in [2.45, 2.75) is 71.3 Å². The highest BCUT2D eigenvalue weighted by atomic mass is 16.5. The van der Waals surface area contributed by atoms with Gasteiger partial charge in [0.05, 0.1) is 0 Å². The smallest absolute Gasteiger partial charge is 0.263 e. The number of para-hydroxylation sites is 1. The van der Waals surface area contributed by atoms with E-state index in [2.05, 4.69) is 30.0 Å². The first-order chi connectivity index (χ1) is 18.3. The summed E-state index contributed by atoms with van der Waals surface area (Å²) in [4.78, 5) is 33.1. The molecule has 2 fully saturated rings. The first-order valence-corrected chi connectivity index (χ1v) is 14.5. The number of carbonyl (C=O) groups is 2. The van der Waals surface area contributed by atoms with E-state index >= 15 is 0 Å². The second-order valence-electron chi connectivity index (χ2n) is 11.8. The molecule has 2 aromatic rings. The molecule has 6 heteroatoms. The van der Waals surface area contributed by atoms with Gasteiger partial charge < -0.3 is 19.4 Å². The standard InChI is InChI=1S/C32H43N3O3/c1-24-13-14-27(22-28(24)34-18-8-9-19-34)31(37)35-20-16-32(17-21-35)15-7-6-11-26-10-4-5-12-29(26)38-25(2)30(36)33(3)23-32/h4-5,10,12-14,22,25H,6-9,11,15-21,23H2,1-3H3/t25-/m1/s1. The third-order valence-corrected chi connectivity index (χ3v) is 8.99. The van der Waals surface area contributed by atoms with Gasteiger partial charge in [-0.25, -0.2) is 0 Å². The molecular formula is C32H43N3O3. The maximum Gasteiger partial charge on any atom is 0.263 e. The SMILES string of the molecule is Cc1ccc(C(=O)N2CCC3(CCCCc4ccccc4O[C@H](C)C(=O)N(C)C3)CC2)cc1N1CCCC1. The molecule has 0 unspecified atom stereocenters. The van der Waals surface area contributed by atoms with Crippen LogP contribution in [-0.4, -0.2) is 67.5 Å². The summed E-state index contributed by atoms with van der Waals surface area (Å²) in [7, 11) is 1.91. The predicted molar refractivity (Wildman–Crippen MR) is 152 cm³/mol. The number of piperidine rings is 1. The van der Waals surface area contributed by atoms with Crippen molar-refractivity contribution in [3.05, 3.63) is 59.2 Å². The van der Waals surface area contributed by atoms with Crippen LogP contribution in [0, 0.1) is 12.3 Å². The number of carbonyl (C=O) groups excluding carboxylic acids is 2. The van der Waals surface area contributed by atoms with Gasteiger partial charge in [0.1, 0.15) is 5.75 Å². The van der Waals surface area contributed by atoms with Gasteiger partial charge >= 0.3 is 0 Å². The van der Waals surface area contributed by atoms with Crippen LogP contribution in [0.3, 0.4) is 0 Å². The van der Waals surface area contributed by atoms with Gasteiger partial charge in [0.15, 0.2) is 6.10 Å². The number of likely N-dealkylation sites (N-methyl/N-ethyl adjacent to an activating group) is 1. The third-order valence-electron chi connectivity index (χ3n) is 8.99. The van der Waals surface area contributed by atoms with E-state index in [1.807, 2.05) is 48.0 Å². The van der Waals surface area contributed by atoms with Crippen LogP contribution in [0.2, 0.25) is 0 Å². The number of anilines is 1. The monoisotopic (exact) mass is 517 g/mol. The Kier molecular flexibility index (Phi) is 7.96. The van der Waals surface area contributed by atoms with Crippen LogP contribution >= 0.6 is 0 Å². The van der Waals surface area contributed by atoms with E-state index in [1.165, 1.54) is 29.7 Å². The maximum absolute atomic E-state index is 13.6. The summed E-state index contributed by atoms with van der Waals surface area (Å²) in [6, 6.07) is 14.3. The van der Waals surface area contributed by atoms with Crippen LogP contribution in [0.15, 0.2) is 42.5 Å². The number of rotatable bonds is 2. The highest BCUT2D eigenvalue weighted by Gasteiger charge is 2.38. The lowest BCUT2D eigenvalue weighted by molar-refractivity contribution is -0.138. The Balaban J connectivity index is 1.28. The molecule has 2 aromatic carbocycles. The number of aryl methyl sites for hydroxylation is 2. The van der Waals surface area contributed by atoms with Crippen molar-refractivity contribution in [1.29, 1.82) is 0 Å². The Morgan fingerprint density at radius 3 is 2.45 bits per heavy atom. The molecular weight excluding hydrogens is 474 g/mol. The number of ether oxygens (including phenoxy) is 1. The Morgan fingerprint density at radius 2 is 1.68 bits per heavy atom. The number of hydrogen-bond donors (Lipinski definition) is 0. The van der Waals surface area contributed by atoms with Gasteiger partial charge in [-0.1, -0.05) is 30.7 Å². The van der Waals surface area contributed by atoms with Crippen LogP contribution in [0.25, 0.3) is 0 Å². The van der Waals surface area contributed by atoms with Crippen molar-refractivity contribution in [1.82, 2.24) is 9.80 Å². The van der Waals surface area contributed by atoms with E-state index in [4.69, 9.17) is 4.74 Å². The van der Waals surface area contributed by atoms with Crippen molar-refractivity contribution in [3.8, 4) is 5.75 Å². The molecule has 204 valence electrons. The lowest BCUT2D eigenvalue weighted by atomic mass is 9.73. The molecule has 0 radical (unpaired) electrons. The minimum Gasteiger partial charge on any atom is -0.481 e. The summed E-state index contributed by atoms with van der Waals surface area (Å²) in [5, 5.41) is 0. The van der Waals surface area contributed by atoms with E-state index in [9.17, 15) is 9.59 Å². The number of nitrogens with zero attached hydrogens (tertiary/aromatic N) is 3. The van der Waals surface area contributed by atoms with Crippen molar-refractivity contribution in [3.63, 3.8) is 0 Å². The van der Waals surface area contributed by atoms with E-state index in [-0.39, 0.29) is 17.2 Å². The zero-order chi connectivity index (χ0) is 26.7. The van der Waals surface area contributed by atoms with Gasteiger partial charge in [-0.05, 0) is 93.5 Å². The summed E-state index contributed by atoms with van der Waals surface area (Å²) >= 11 is 0. The molecule has 0 saturated carbocycles. The van der Waals surface area contributed by atoms with Crippen molar-refractivity contribution < 1.29 is 14.3 Å². The molecule has 5 rings (SSSR count). The number of fused-ring (bicyclic) bond motifs is 1. The van der Waals surface area contributed by atoms with Crippen LogP contribution in [0.1, 0.15) is 73.4 Å². The number of likely N-dealkylation sites (tertiary alicyclic amines) is 1. The molecule has 2 saturated heterocycles. The Labute approximate surface area is 227 Å². The molecule has 1 atom stereocenters. The van der Waals surface area contributed by atoms with Crippen LogP contribution < -0.4 is 9.64 Å². The second kappa shape index (κ2) is 11.4. The fourth-order valence-corrected chi connectivity index (χ4v) is 6.67. The lowest BCUT2D eigenvalue weighted by Gasteiger charge is -2.44. The number of hydrogen-bond acceptors (Lipinski definition) is 4. The average Bonchev–Trinajstić information content (AvgIpc) is 3.46. The third kappa shape index (κ3) is 5.69. The quantitative estimate of drug-likeness (QED) is 0.530. The van der Waals surface area contributed by atoms with Crippen LogP contribution in [0.4, 0.5) is 5.69 Å². The molecule has 1 spiro atoms. The number of benzene rings is 2. The van der Waals surface area contributed by atoms with Gasteiger partial charge in [-0.15, -0.1) is 0 Å². The molecule has 3 aliphatic rings. The average molecular weight is 518 g/mol. The summed E-state index contributed by atoms with van der Waals surface area (Å²) in [6.45, 7) is 8.34. The van der Waals surface area contributed by atoms with Crippen LogP contribution in [0.5, 0.6) is 5.75 Å². The Bertz CT molecular complexity index is 1150. The lowest BCUT2D eigenvalue weighted by Crippen LogP contribution is -2.50. The first kappa shape index (κ1) is 26.6. The molecule has 3 aliphatic heterocycles. The maximum atomic E-state index is 13.6. The fourth-order valence-electron chi connectivity index (χ4n) is 6.67. The van der Waals surface area contributed by atoms with E-state index in [1.54, 1.807) is 0 Å². The molecule has 2 amide bonds. The highest BCUT2D eigenvalue weighted by molar-refractivity contribution is 5.95. The molecule has 38 heavy (non-hydrogen) atoms. The molecule has 0 N–H and O–H groups in total. The minimum absolute atomic E-state index is 0.0207. The van der Waals surface area contributed by atoms with Crippen LogP contribution in [-0.2, 0) is 11.2 Å². The first-order valence-electron chi connectivity index (χ1n) is 14.5. The summed E-state index contributed by atoms with van der Waals surface area (Å²) in [5.74, 6) is 0.983. The van der Waals surface area contributed by atoms with Gasteiger partial charge in [0.2, 0.25) is 0 Å². The predicted octanol–water partition coefficient (Wildman–Crippen LogP) is 5.47. The van der Waals surface area contributed by atoms with Gasteiger partial charge in [0.25, 0.3) is 11.8 Å².